The maximum Gasteiger partial charge on any atom is 0.316 e. The topological polar surface area (TPSA) is 80.2 Å². The summed E-state index contributed by atoms with van der Waals surface area (Å²) in [5, 5.41) is 3.56. The number of benzene rings is 1. The van der Waals surface area contributed by atoms with Crippen molar-refractivity contribution in [2.45, 2.75) is 38.6 Å². The molecule has 3 aromatic rings. The number of nitrogens with one attached hydrogen (secondary N) is 1. The molecule has 2 aromatic heterocycles. The number of carbonyl (C=O) groups is 1. The summed E-state index contributed by atoms with van der Waals surface area (Å²) < 4.78 is 5.08. The number of carbonyl (C=O) groups excluding carboxylic acids is 1. The maximum absolute atomic E-state index is 13.4. The van der Waals surface area contributed by atoms with Crippen LogP contribution in [0.1, 0.15) is 48.0 Å². The zero-order chi connectivity index (χ0) is 22.2. The molecule has 0 unspecified atom stereocenters. The summed E-state index contributed by atoms with van der Waals surface area (Å²) in [4.78, 5) is 27.9. The molecule has 0 radical (unpaired) electrons. The van der Waals surface area contributed by atoms with Gasteiger partial charge in [0.1, 0.15) is 0 Å². The van der Waals surface area contributed by atoms with Crippen LogP contribution in [0.4, 0.5) is 5.69 Å². The lowest BCUT2D eigenvalue weighted by Gasteiger charge is -2.27. The van der Waals surface area contributed by atoms with E-state index < -0.39 is 0 Å². The Bertz CT molecular complexity index is 1020. The summed E-state index contributed by atoms with van der Waals surface area (Å²) in [6.07, 6.45) is 12.5. The Morgan fingerprint density at radius 3 is 2.50 bits per heavy atom. The van der Waals surface area contributed by atoms with Crippen molar-refractivity contribution >= 4 is 11.6 Å². The van der Waals surface area contributed by atoms with E-state index in [1.54, 1.807) is 44.0 Å². The number of aromatic nitrogens is 3. The molecule has 0 bridgehead atoms. The molecular weight excluding hydrogens is 402 g/mol. The Morgan fingerprint density at radius 1 is 0.969 bits per heavy atom. The summed E-state index contributed by atoms with van der Waals surface area (Å²) in [5.41, 5.74) is 4.60. The summed E-state index contributed by atoms with van der Waals surface area (Å²) in [5.74, 6) is 0.00578. The lowest BCUT2D eigenvalue weighted by molar-refractivity contribution is 0.0986. The Balaban J connectivity index is 1.71. The quantitative estimate of drug-likeness (QED) is 0.668. The van der Waals surface area contributed by atoms with E-state index >= 15 is 0 Å². The third-order valence-corrected chi connectivity index (χ3v) is 5.74. The molecule has 0 spiro atoms. The van der Waals surface area contributed by atoms with Gasteiger partial charge in [0, 0.05) is 54.7 Å². The van der Waals surface area contributed by atoms with Gasteiger partial charge in [0.2, 0.25) is 0 Å². The van der Waals surface area contributed by atoms with E-state index in [4.69, 9.17) is 4.74 Å². The van der Waals surface area contributed by atoms with Crippen LogP contribution < -0.4 is 15.0 Å². The molecule has 4 rings (SSSR count). The SMILES string of the molecule is COc1ncc(-c2ccc3c(c2)CNCCCCCCCN3C(=O)c2ccncc2)cn1. The summed E-state index contributed by atoms with van der Waals surface area (Å²) in [6, 6.07) is 10.1. The number of methoxy groups -OCH3 is 1. The van der Waals surface area contributed by atoms with Gasteiger partial charge in [0.25, 0.3) is 5.91 Å². The number of fused-ring (bicyclic) bond motifs is 1. The van der Waals surface area contributed by atoms with Gasteiger partial charge in [-0.1, -0.05) is 25.3 Å². The summed E-state index contributed by atoms with van der Waals surface area (Å²) in [7, 11) is 1.55. The fourth-order valence-corrected chi connectivity index (χ4v) is 4.00. The Kier molecular flexibility index (Phi) is 7.40. The number of hydrogen-bond donors (Lipinski definition) is 1. The summed E-state index contributed by atoms with van der Waals surface area (Å²) >= 11 is 0. The number of amides is 1. The largest absolute Gasteiger partial charge is 0.467 e. The van der Waals surface area contributed by atoms with Gasteiger partial charge in [0.15, 0.2) is 0 Å². The zero-order valence-corrected chi connectivity index (χ0v) is 18.5. The van der Waals surface area contributed by atoms with E-state index in [0.29, 0.717) is 24.7 Å². The lowest BCUT2D eigenvalue weighted by atomic mass is 10.0. The molecule has 0 saturated carbocycles. The van der Waals surface area contributed by atoms with E-state index in [2.05, 4.69) is 26.3 Å². The van der Waals surface area contributed by atoms with Crippen molar-refractivity contribution in [1.82, 2.24) is 20.3 Å². The Labute approximate surface area is 188 Å². The molecule has 1 aliphatic heterocycles. The van der Waals surface area contributed by atoms with Gasteiger partial charge >= 0.3 is 6.01 Å². The maximum atomic E-state index is 13.4. The van der Waals surface area contributed by atoms with Crippen LogP contribution in [0.5, 0.6) is 6.01 Å². The first-order valence-electron chi connectivity index (χ1n) is 11.2. The van der Waals surface area contributed by atoms with Gasteiger partial charge in [0.05, 0.1) is 7.11 Å². The lowest BCUT2D eigenvalue weighted by Crippen LogP contribution is -2.33. The Hall–Kier alpha value is -3.32. The molecular formula is C25H29N5O2. The highest BCUT2D eigenvalue weighted by Crippen LogP contribution is 2.29. The highest BCUT2D eigenvalue weighted by atomic mass is 16.5. The number of anilines is 1. The predicted octanol–water partition coefficient (Wildman–Crippen LogP) is 4.25. The number of hydrogen-bond acceptors (Lipinski definition) is 6. The first-order valence-corrected chi connectivity index (χ1v) is 11.2. The van der Waals surface area contributed by atoms with Crippen LogP contribution in [0.25, 0.3) is 11.1 Å². The zero-order valence-electron chi connectivity index (χ0n) is 18.5. The molecule has 0 fully saturated rings. The van der Waals surface area contributed by atoms with Crippen LogP contribution in [-0.4, -0.2) is 41.1 Å². The standard InChI is InChI=1S/C25H29N5O2/c1-32-25-28-17-22(18-29-25)20-7-8-23-21(15-20)16-27-11-5-3-2-4-6-14-30(23)24(31)19-9-12-26-13-10-19/h7-10,12-13,15,17-18,27H,2-6,11,14,16H2,1H3. The number of rotatable bonds is 3. The van der Waals surface area contributed by atoms with Crippen molar-refractivity contribution in [3.05, 3.63) is 66.2 Å². The Morgan fingerprint density at radius 2 is 1.72 bits per heavy atom. The highest BCUT2D eigenvalue weighted by molar-refractivity contribution is 6.06. The van der Waals surface area contributed by atoms with Gasteiger partial charge < -0.3 is 15.0 Å². The number of pyridine rings is 1. The second kappa shape index (κ2) is 10.8. The minimum atomic E-state index is 0.00578. The van der Waals surface area contributed by atoms with Gasteiger partial charge in [-0.05, 0) is 54.8 Å². The molecule has 1 aromatic carbocycles. The van der Waals surface area contributed by atoms with Gasteiger partial charge in [-0.25, -0.2) is 9.97 Å². The van der Waals surface area contributed by atoms with E-state index in [0.717, 1.165) is 41.8 Å². The molecule has 0 saturated heterocycles. The smallest absolute Gasteiger partial charge is 0.316 e. The van der Waals surface area contributed by atoms with Crippen molar-refractivity contribution in [3.63, 3.8) is 0 Å². The average molecular weight is 432 g/mol. The van der Waals surface area contributed by atoms with Crippen LogP contribution >= 0.6 is 0 Å². The van der Waals surface area contributed by atoms with Gasteiger partial charge in [-0.3, -0.25) is 9.78 Å². The first kappa shape index (κ1) is 21.9. The second-order valence-corrected chi connectivity index (χ2v) is 7.94. The third kappa shape index (κ3) is 5.29. The van der Waals surface area contributed by atoms with Crippen molar-refractivity contribution in [2.75, 3.05) is 25.1 Å². The molecule has 1 amide bonds. The predicted molar refractivity (Wildman–Crippen MR) is 125 cm³/mol. The fraction of sp³-hybridized carbons (Fsp3) is 0.360. The molecule has 3 heterocycles. The molecule has 7 nitrogen and oxygen atoms in total. The van der Waals surface area contributed by atoms with Gasteiger partial charge in [-0.2, -0.15) is 0 Å². The molecule has 166 valence electrons. The average Bonchev–Trinajstić information content (AvgIpc) is 2.85. The first-order chi connectivity index (χ1) is 15.8. The van der Waals surface area contributed by atoms with Crippen molar-refractivity contribution in [2.24, 2.45) is 0 Å². The minimum Gasteiger partial charge on any atom is -0.467 e. The van der Waals surface area contributed by atoms with Crippen molar-refractivity contribution in [1.29, 1.82) is 0 Å². The summed E-state index contributed by atoms with van der Waals surface area (Å²) in [6.45, 7) is 2.35. The van der Waals surface area contributed by atoms with E-state index in [-0.39, 0.29) is 5.91 Å². The molecule has 0 aliphatic carbocycles. The molecule has 1 aliphatic rings. The highest BCUT2D eigenvalue weighted by Gasteiger charge is 2.21. The minimum absolute atomic E-state index is 0.00578. The van der Waals surface area contributed by atoms with E-state index in [1.165, 1.54) is 19.3 Å². The van der Waals surface area contributed by atoms with Gasteiger partial charge in [-0.15, -0.1) is 0 Å². The van der Waals surface area contributed by atoms with Crippen LogP contribution in [0.15, 0.2) is 55.1 Å². The monoisotopic (exact) mass is 431 g/mol. The van der Waals surface area contributed by atoms with Crippen LogP contribution in [-0.2, 0) is 6.54 Å². The number of ether oxygens (including phenoxy) is 1. The van der Waals surface area contributed by atoms with Crippen molar-refractivity contribution < 1.29 is 9.53 Å². The molecule has 1 N–H and O–H groups in total. The van der Waals surface area contributed by atoms with Crippen LogP contribution in [0, 0.1) is 0 Å². The fourth-order valence-electron chi connectivity index (χ4n) is 4.00. The third-order valence-electron chi connectivity index (χ3n) is 5.74. The van der Waals surface area contributed by atoms with Crippen molar-refractivity contribution in [3.8, 4) is 17.1 Å². The van der Waals surface area contributed by atoms with E-state index in [1.807, 2.05) is 17.0 Å². The molecule has 0 atom stereocenters. The number of nitrogens with zero attached hydrogens (tertiary/aromatic N) is 4. The molecule has 32 heavy (non-hydrogen) atoms. The second-order valence-electron chi connectivity index (χ2n) is 7.94. The van der Waals surface area contributed by atoms with E-state index in [9.17, 15) is 4.79 Å². The normalized spacial score (nSPS) is 15.2. The molecule has 7 heteroatoms. The van der Waals surface area contributed by atoms with Crippen LogP contribution in [0.3, 0.4) is 0 Å². The van der Waals surface area contributed by atoms with Crippen LogP contribution in [0.2, 0.25) is 0 Å².